The van der Waals surface area contributed by atoms with Crippen LogP contribution in [0.3, 0.4) is 0 Å². The second-order valence-corrected chi connectivity index (χ2v) is 6.77. The summed E-state index contributed by atoms with van der Waals surface area (Å²) in [6.07, 6.45) is 0. The maximum absolute atomic E-state index is 6.04. The summed E-state index contributed by atoms with van der Waals surface area (Å²) >= 11 is 0. The quantitative estimate of drug-likeness (QED) is 0.597. The van der Waals surface area contributed by atoms with E-state index in [0.29, 0.717) is 5.92 Å². The minimum absolute atomic E-state index is 0.148. The first-order chi connectivity index (χ1) is 13.3. The van der Waals surface area contributed by atoms with Crippen LogP contribution < -0.4 is 25.6 Å². The molecule has 4 rings (SSSR count). The topological polar surface area (TPSA) is 67.7 Å². The SMILES string of the molecule is COc1ccc(CNCC2CNNC2c2cc3ccccc3o2)cc1OC. The first-order valence-electron chi connectivity index (χ1n) is 9.17. The highest BCUT2D eigenvalue weighted by molar-refractivity contribution is 5.77. The molecule has 3 aromatic rings. The van der Waals surface area contributed by atoms with Crippen molar-refractivity contribution in [1.82, 2.24) is 16.2 Å². The van der Waals surface area contributed by atoms with Crippen LogP contribution >= 0.6 is 0 Å². The van der Waals surface area contributed by atoms with Crippen LogP contribution in [0.5, 0.6) is 11.5 Å². The van der Waals surface area contributed by atoms with Crippen molar-refractivity contribution >= 4 is 11.0 Å². The minimum Gasteiger partial charge on any atom is -0.493 e. The van der Waals surface area contributed by atoms with E-state index in [1.54, 1.807) is 14.2 Å². The molecule has 2 unspecified atom stereocenters. The Hall–Kier alpha value is -2.54. The molecule has 6 nitrogen and oxygen atoms in total. The van der Waals surface area contributed by atoms with Crippen molar-refractivity contribution in [3.8, 4) is 11.5 Å². The molecule has 1 fully saturated rings. The van der Waals surface area contributed by atoms with Crippen molar-refractivity contribution in [2.24, 2.45) is 5.92 Å². The summed E-state index contributed by atoms with van der Waals surface area (Å²) in [4.78, 5) is 0. The number of hydrogen-bond acceptors (Lipinski definition) is 6. The molecule has 0 bridgehead atoms. The van der Waals surface area contributed by atoms with Crippen molar-refractivity contribution in [3.05, 3.63) is 59.9 Å². The molecule has 0 amide bonds. The van der Waals surface area contributed by atoms with Crippen molar-refractivity contribution in [3.63, 3.8) is 0 Å². The summed E-state index contributed by atoms with van der Waals surface area (Å²) in [5.41, 5.74) is 8.69. The summed E-state index contributed by atoms with van der Waals surface area (Å²) in [5, 5.41) is 4.69. The van der Waals surface area contributed by atoms with Crippen LogP contribution in [-0.2, 0) is 6.54 Å². The smallest absolute Gasteiger partial charge is 0.161 e. The number of ether oxygens (including phenoxy) is 2. The van der Waals surface area contributed by atoms with Gasteiger partial charge in [0.15, 0.2) is 11.5 Å². The van der Waals surface area contributed by atoms with Crippen LogP contribution in [-0.4, -0.2) is 27.3 Å². The molecule has 142 valence electrons. The van der Waals surface area contributed by atoms with E-state index >= 15 is 0 Å². The van der Waals surface area contributed by atoms with E-state index in [1.165, 1.54) is 0 Å². The summed E-state index contributed by atoms with van der Waals surface area (Å²) in [5.74, 6) is 2.86. The molecule has 0 spiro atoms. The number of methoxy groups -OCH3 is 2. The summed E-state index contributed by atoms with van der Waals surface area (Å²) in [6, 6.07) is 16.4. The Balaban J connectivity index is 1.39. The van der Waals surface area contributed by atoms with E-state index in [4.69, 9.17) is 13.9 Å². The third-order valence-corrected chi connectivity index (χ3v) is 5.03. The Morgan fingerprint density at radius 3 is 2.74 bits per heavy atom. The monoisotopic (exact) mass is 367 g/mol. The van der Waals surface area contributed by atoms with Gasteiger partial charge in [-0.15, -0.1) is 0 Å². The molecule has 0 radical (unpaired) electrons. The van der Waals surface area contributed by atoms with Crippen LogP contribution in [0, 0.1) is 5.92 Å². The van der Waals surface area contributed by atoms with Crippen molar-refractivity contribution < 1.29 is 13.9 Å². The first kappa shape index (κ1) is 17.9. The van der Waals surface area contributed by atoms with E-state index in [2.05, 4.69) is 34.4 Å². The highest BCUT2D eigenvalue weighted by Gasteiger charge is 2.30. The Kier molecular flexibility index (Phi) is 5.29. The Labute approximate surface area is 158 Å². The molecule has 2 atom stereocenters. The zero-order chi connectivity index (χ0) is 18.6. The number of fused-ring (bicyclic) bond motifs is 1. The minimum atomic E-state index is 0.148. The molecular formula is C21H25N3O3. The average Bonchev–Trinajstić information content (AvgIpc) is 3.34. The van der Waals surface area contributed by atoms with Gasteiger partial charge in [0.2, 0.25) is 0 Å². The lowest BCUT2D eigenvalue weighted by atomic mass is 9.99. The number of hydrogen-bond donors (Lipinski definition) is 3. The molecule has 0 saturated carbocycles. The highest BCUT2D eigenvalue weighted by atomic mass is 16.5. The summed E-state index contributed by atoms with van der Waals surface area (Å²) in [7, 11) is 3.30. The lowest BCUT2D eigenvalue weighted by Gasteiger charge is -2.17. The normalized spacial score (nSPS) is 19.5. The zero-order valence-electron chi connectivity index (χ0n) is 15.6. The van der Waals surface area contributed by atoms with Gasteiger partial charge < -0.3 is 19.2 Å². The summed E-state index contributed by atoms with van der Waals surface area (Å²) < 4.78 is 16.7. The first-order valence-corrected chi connectivity index (χ1v) is 9.17. The highest BCUT2D eigenvalue weighted by Crippen LogP contribution is 2.30. The molecule has 0 aliphatic carbocycles. The number of nitrogens with one attached hydrogen (secondary N) is 3. The van der Waals surface area contributed by atoms with Crippen LogP contribution in [0.2, 0.25) is 0 Å². The fourth-order valence-electron chi connectivity index (χ4n) is 3.58. The predicted molar refractivity (Wildman–Crippen MR) is 105 cm³/mol. The van der Waals surface area contributed by atoms with Crippen LogP contribution in [0.4, 0.5) is 0 Å². The third-order valence-electron chi connectivity index (χ3n) is 5.03. The van der Waals surface area contributed by atoms with Gasteiger partial charge in [-0.2, -0.15) is 0 Å². The second-order valence-electron chi connectivity index (χ2n) is 6.77. The van der Waals surface area contributed by atoms with Crippen molar-refractivity contribution in [2.75, 3.05) is 27.3 Å². The van der Waals surface area contributed by atoms with E-state index in [1.807, 2.05) is 30.3 Å². The number of furan rings is 1. The van der Waals surface area contributed by atoms with Gasteiger partial charge >= 0.3 is 0 Å². The molecule has 3 N–H and O–H groups in total. The molecule has 1 saturated heterocycles. The van der Waals surface area contributed by atoms with Gasteiger partial charge in [-0.25, -0.2) is 5.43 Å². The molecule has 1 aliphatic rings. The van der Waals surface area contributed by atoms with Crippen LogP contribution in [0.25, 0.3) is 11.0 Å². The van der Waals surface area contributed by atoms with E-state index in [9.17, 15) is 0 Å². The number of rotatable bonds is 7. The van der Waals surface area contributed by atoms with Gasteiger partial charge in [0.1, 0.15) is 11.3 Å². The second kappa shape index (κ2) is 8.00. The molecule has 2 aromatic carbocycles. The maximum atomic E-state index is 6.04. The van der Waals surface area contributed by atoms with Gasteiger partial charge in [0.25, 0.3) is 0 Å². The molecule has 1 aromatic heterocycles. The fourth-order valence-corrected chi connectivity index (χ4v) is 3.58. The van der Waals surface area contributed by atoms with Gasteiger partial charge in [-0.05, 0) is 29.8 Å². The van der Waals surface area contributed by atoms with E-state index < -0.39 is 0 Å². The van der Waals surface area contributed by atoms with Crippen LogP contribution in [0.1, 0.15) is 17.4 Å². The molecule has 2 heterocycles. The third kappa shape index (κ3) is 3.78. The number of hydrazine groups is 1. The Bertz CT molecular complexity index is 876. The van der Waals surface area contributed by atoms with Crippen molar-refractivity contribution in [1.29, 1.82) is 0 Å². The standard InChI is InChI=1S/C21H25N3O3/c1-25-18-8-7-14(9-19(18)26-2)11-22-12-16-13-23-24-21(16)20-10-15-5-3-4-6-17(15)27-20/h3-10,16,21-24H,11-13H2,1-2H3. The van der Waals surface area contributed by atoms with Gasteiger partial charge in [-0.3, -0.25) is 5.43 Å². The molecule has 27 heavy (non-hydrogen) atoms. The fraction of sp³-hybridized carbons (Fsp3) is 0.333. The Morgan fingerprint density at radius 1 is 1.07 bits per heavy atom. The van der Waals surface area contributed by atoms with Crippen molar-refractivity contribution in [2.45, 2.75) is 12.6 Å². The van der Waals surface area contributed by atoms with Crippen LogP contribution in [0.15, 0.2) is 52.9 Å². The van der Waals surface area contributed by atoms with Gasteiger partial charge in [0, 0.05) is 30.9 Å². The maximum Gasteiger partial charge on any atom is 0.161 e. The zero-order valence-corrected chi connectivity index (χ0v) is 15.6. The van der Waals surface area contributed by atoms with Gasteiger partial charge in [-0.1, -0.05) is 24.3 Å². The van der Waals surface area contributed by atoms with E-state index in [0.717, 1.165) is 53.4 Å². The van der Waals surface area contributed by atoms with Gasteiger partial charge in [0.05, 0.1) is 20.3 Å². The number of para-hydroxylation sites is 1. The predicted octanol–water partition coefficient (Wildman–Crippen LogP) is 3.00. The van der Waals surface area contributed by atoms with E-state index in [-0.39, 0.29) is 6.04 Å². The average molecular weight is 367 g/mol. The Morgan fingerprint density at radius 2 is 1.93 bits per heavy atom. The lowest BCUT2D eigenvalue weighted by molar-refractivity contribution is 0.354. The number of benzene rings is 2. The molecular weight excluding hydrogens is 342 g/mol. The molecule has 1 aliphatic heterocycles. The molecule has 6 heteroatoms. The largest absolute Gasteiger partial charge is 0.493 e. The summed E-state index contributed by atoms with van der Waals surface area (Å²) in [6.45, 7) is 2.53. The lowest BCUT2D eigenvalue weighted by Crippen LogP contribution is -2.28.